The van der Waals surface area contributed by atoms with Crippen LogP contribution in [-0.4, -0.2) is 26.8 Å². The first-order chi connectivity index (χ1) is 8.76. The van der Waals surface area contributed by atoms with Crippen LogP contribution in [0.3, 0.4) is 0 Å². The van der Waals surface area contributed by atoms with E-state index < -0.39 is 0 Å². The van der Waals surface area contributed by atoms with Crippen molar-refractivity contribution in [1.29, 1.82) is 0 Å². The molecule has 1 aromatic heterocycles. The molecule has 96 valence electrons. The van der Waals surface area contributed by atoms with E-state index in [0.717, 1.165) is 24.5 Å². The molecule has 1 atom stereocenters. The molecule has 0 saturated heterocycles. The van der Waals surface area contributed by atoms with E-state index in [0.29, 0.717) is 0 Å². The first-order valence-corrected chi connectivity index (χ1v) is 6.37. The topological polar surface area (TPSA) is 55.6 Å². The number of aryl methyl sites for hydroxylation is 1. The SMILES string of the molecule is CCNC(C)c1nnnn1-c1ccc(CC)cc1. The molecule has 0 aliphatic rings. The summed E-state index contributed by atoms with van der Waals surface area (Å²) in [7, 11) is 0. The molecule has 1 unspecified atom stereocenters. The molecule has 5 heteroatoms. The van der Waals surface area contributed by atoms with E-state index in [9.17, 15) is 0 Å². The van der Waals surface area contributed by atoms with Gasteiger partial charge in [0.1, 0.15) is 0 Å². The quantitative estimate of drug-likeness (QED) is 0.874. The van der Waals surface area contributed by atoms with E-state index in [-0.39, 0.29) is 6.04 Å². The highest BCUT2D eigenvalue weighted by Crippen LogP contribution is 2.14. The number of nitrogens with one attached hydrogen (secondary N) is 1. The van der Waals surface area contributed by atoms with Gasteiger partial charge in [-0.2, -0.15) is 4.68 Å². The molecule has 5 nitrogen and oxygen atoms in total. The smallest absolute Gasteiger partial charge is 0.173 e. The minimum absolute atomic E-state index is 0.135. The summed E-state index contributed by atoms with van der Waals surface area (Å²) in [6.45, 7) is 7.17. The lowest BCUT2D eigenvalue weighted by Crippen LogP contribution is -2.21. The van der Waals surface area contributed by atoms with Crippen molar-refractivity contribution in [2.24, 2.45) is 0 Å². The largest absolute Gasteiger partial charge is 0.308 e. The van der Waals surface area contributed by atoms with Gasteiger partial charge < -0.3 is 5.32 Å². The standard InChI is InChI=1S/C13H19N5/c1-4-11-6-8-12(9-7-11)18-13(15-16-17-18)10(3)14-5-2/h6-10,14H,4-5H2,1-3H3. The summed E-state index contributed by atoms with van der Waals surface area (Å²) in [5, 5.41) is 15.2. The zero-order valence-corrected chi connectivity index (χ0v) is 11.1. The molecule has 1 heterocycles. The number of aromatic nitrogens is 4. The van der Waals surface area contributed by atoms with Crippen LogP contribution in [0, 0.1) is 0 Å². The van der Waals surface area contributed by atoms with Gasteiger partial charge in [0.05, 0.1) is 11.7 Å². The van der Waals surface area contributed by atoms with Crippen molar-refractivity contribution in [3.05, 3.63) is 35.7 Å². The van der Waals surface area contributed by atoms with E-state index >= 15 is 0 Å². The number of benzene rings is 1. The molecule has 0 aliphatic carbocycles. The Morgan fingerprint density at radius 1 is 1.22 bits per heavy atom. The van der Waals surface area contributed by atoms with Crippen LogP contribution in [0.2, 0.25) is 0 Å². The summed E-state index contributed by atoms with van der Waals surface area (Å²) in [5.74, 6) is 0.834. The van der Waals surface area contributed by atoms with E-state index in [1.165, 1.54) is 5.56 Å². The molecule has 0 bridgehead atoms. The molecule has 1 N–H and O–H groups in total. The lowest BCUT2D eigenvalue weighted by molar-refractivity contribution is 0.550. The van der Waals surface area contributed by atoms with Crippen LogP contribution >= 0.6 is 0 Å². The van der Waals surface area contributed by atoms with Gasteiger partial charge in [-0.1, -0.05) is 26.0 Å². The minimum Gasteiger partial charge on any atom is -0.308 e. The molecular weight excluding hydrogens is 226 g/mol. The highest BCUT2D eigenvalue weighted by atomic mass is 15.5. The van der Waals surface area contributed by atoms with Gasteiger partial charge in [0.15, 0.2) is 5.82 Å². The predicted octanol–water partition coefficient (Wildman–Crippen LogP) is 1.90. The van der Waals surface area contributed by atoms with E-state index in [1.54, 1.807) is 4.68 Å². The zero-order chi connectivity index (χ0) is 13.0. The molecule has 2 rings (SSSR count). The van der Waals surface area contributed by atoms with Crippen molar-refractivity contribution in [2.45, 2.75) is 33.2 Å². The second kappa shape index (κ2) is 5.73. The average Bonchev–Trinajstić information content (AvgIpc) is 2.88. The lowest BCUT2D eigenvalue weighted by Gasteiger charge is -2.12. The van der Waals surface area contributed by atoms with E-state index in [2.05, 4.69) is 65.9 Å². The summed E-state index contributed by atoms with van der Waals surface area (Å²) in [4.78, 5) is 0. The van der Waals surface area contributed by atoms with Gasteiger partial charge in [-0.3, -0.25) is 0 Å². The maximum atomic E-state index is 4.09. The Bertz CT molecular complexity index is 488. The third-order valence-electron chi connectivity index (χ3n) is 2.98. The summed E-state index contributed by atoms with van der Waals surface area (Å²) < 4.78 is 1.78. The Morgan fingerprint density at radius 2 is 1.94 bits per heavy atom. The second-order valence-corrected chi connectivity index (χ2v) is 4.25. The fourth-order valence-corrected chi connectivity index (χ4v) is 1.92. The number of hydrogen-bond acceptors (Lipinski definition) is 4. The fraction of sp³-hybridized carbons (Fsp3) is 0.462. The normalized spacial score (nSPS) is 12.6. The molecule has 0 saturated carbocycles. The minimum atomic E-state index is 0.135. The van der Waals surface area contributed by atoms with E-state index in [4.69, 9.17) is 0 Å². The van der Waals surface area contributed by atoms with Crippen LogP contribution in [0.15, 0.2) is 24.3 Å². The van der Waals surface area contributed by atoms with Crippen LogP contribution in [0.4, 0.5) is 0 Å². The van der Waals surface area contributed by atoms with Crippen LogP contribution in [0.5, 0.6) is 0 Å². The lowest BCUT2D eigenvalue weighted by atomic mass is 10.1. The zero-order valence-electron chi connectivity index (χ0n) is 11.1. The summed E-state index contributed by atoms with van der Waals surface area (Å²) in [5.41, 5.74) is 2.31. The Morgan fingerprint density at radius 3 is 2.56 bits per heavy atom. The highest BCUT2D eigenvalue weighted by molar-refractivity contribution is 5.34. The third-order valence-corrected chi connectivity index (χ3v) is 2.98. The number of nitrogens with zero attached hydrogens (tertiary/aromatic N) is 4. The Hall–Kier alpha value is -1.75. The molecule has 0 fully saturated rings. The second-order valence-electron chi connectivity index (χ2n) is 4.25. The van der Waals surface area contributed by atoms with Crippen molar-refractivity contribution in [3.63, 3.8) is 0 Å². The predicted molar refractivity (Wildman–Crippen MR) is 70.6 cm³/mol. The van der Waals surface area contributed by atoms with Crippen molar-refractivity contribution in [2.75, 3.05) is 6.54 Å². The molecule has 0 aliphatic heterocycles. The molecule has 0 radical (unpaired) electrons. The first kappa shape index (κ1) is 12.7. The van der Waals surface area contributed by atoms with Gasteiger partial charge in [-0.05, 0) is 48.0 Å². The maximum absolute atomic E-state index is 4.09. The van der Waals surface area contributed by atoms with Gasteiger partial charge in [0, 0.05) is 0 Å². The van der Waals surface area contributed by atoms with Crippen LogP contribution < -0.4 is 5.32 Å². The van der Waals surface area contributed by atoms with Gasteiger partial charge >= 0.3 is 0 Å². The molecule has 0 spiro atoms. The molecule has 1 aromatic carbocycles. The summed E-state index contributed by atoms with van der Waals surface area (Å²) in [6.07, 6.45) is 1.04. The van der Waals surface area contributed by atoms with Crippen molar-refractivity contribution >= 4 is 0 Å². The van der Waals surface area contributed by atoms with Gasteiger partial charge in [-0.15, -0.1) is 5.10 Å². The van der Waals surface area contributed by atoms with Gasteiger partial charge in [-0.25, -0.2) is 0 Å². The van der Waals surface area contributed by atoms with Crippen LogP contribution in [-0.2, 0) is 6.42 Å². The number of hydrogen-bond donors (Lipinski definition) is 1. The number of rotatable bonds is 5. The highest BCUT2D eigenvalue weighted by Gasteiger charge is 2.14. The van der Waals surface area contributed by atoms with Gasteiger partial charge in [0.25, 0.3) is 0 Å². The molecule has 18 heavy (non-hydrogen) atoms. The number of tetrazole rings is 1. The van der Waals surface area contributed by atoms with Crippen LogP contribution in [0.1, 0.15) is 38.2 Å². The molecule has 2 aromatic rings. The maximum Gasteiger partial charge on any atom is 0.173 e. The Balaban J connectivity index is 2.29. The first-order valence-electron chi connectivity index (χ1n) is 6.37. The third kappa shape index (κ3) is 2.56. The van der Waals surface area contributed by atoms with Gasteiger partial charge in [0.2, 0.25) is 0 Å². The van der Waals surface area contributed by atoms with E-state index in [1.807, 2.05) is 0 Å². The fourth-order valence-electron chi connectivity index (χ4n) is 1.92. The summed E-state index contributed by atoms with van der Waals surface area (Å²) in [6, 6.07) is 8.46. The average molecular weight is 245 g/mol. The molecule has 0 amide bonds. The Kier molecular flexibility index (Phi) is 4.04. The molecular formula is C13H19N5. The van der Waals surface area contributed by atoms with Crippen molar-refractivity contribution in [3.8, 4) is 5.69 Å². The Labute approximate surface area is 107 Å². The summed E-state index contributed by atoms with van der Waals surface area (Å²) >= 11 is 0. The van der Waals surface area contributed by atoms with Crippen molar-refractivity contribution in [1.82, 2.24) is 25.5 Å². The van der Waals surface area contributed by atoms with Crippen LogP contribution in [0.25, 0.3) is 5.69 Å². The monoisotopic (exact) mass is 245 g/mol. The van der Waals surface area contributed by atoms with Crippen molar-refractivity contribution < 1.29 is 0 Å².